The van der Waals surface area contributed by atoms with Crippen molar-refractivity contribution in [3.8, 4) is 5.75 Å². The molecule has 0 saturated carbocycles. The number of hydrogen-bond donors (Lipinski definition) is 2. The van der Waals surface area contributed by atoms with Gasteiger partial charge in [0.2, 0.25) is 5.91 Å². The zero-order valence-electron chi connectivity index (χ0n) is 17.3. The van der Waals surface area contributed by atoms with Gasteiger partial charge >= 0.3 is 0 Å². The number of ether oxygens (including phenoxy) is 2. The molecule has 2 N–H and O–H groups in total. The van der Waals surface area contributed by atoms with Gasteiger partial charge in [0.05, 0.1) is 6.42 Å². The number of aromatic nitrogens is 1. The maximum atomic E-state index is 13.0. The van der Waals surface area contributed by atoms with Crippen LogP contribution in [-0.4, -0.2) is 71.1 Å². The van der Waals surface area contributed by atoms with Crippen LogP contribution in [-0.2, 0) is 22.4 Å². The first-order chi connectivity index (χ1) is 14.6. The van der Waals surface area contributed by atoms with Gasteiger partial charge in [-0.15, -0.1) is 0 Å². The number of methoxy groups -OCH3 is 1. The number of aliphatic hydroxyl groups excluding tert-OH is 2. The van der Waals surface area contributed by atoms with Crippen molar-refractivity contribution < 1.29 is 24.5 Å². The Labute approximate surface area is 177 Å². The summed E-state index contributed by atoms with van der Waals surface area (Å²) in [5, 5.41) is 21.1. The number of amides is 1. The second-order valence-electron chi connectivity index (χ2n) is 7.55. The monoisotopic (exact) mass is 414 g/mol. The van der Waals surface area contributed by atoms with Gasteiger partial charge in [-0.2, -0.15) is 0 Å². The van der Waals surface area contributed by atoms with Crippen LogP contribution in [0.2, 0.25) is 0 Å². The Hall–Kier alpha value is -2.48. The molecule has 0 radical (unpaired) electrons. The van der Waals surface area contributed by atoms with Crippen molar-refractivity contribution >= 4 is 5.91 Å². The van der Waals surface area contributed by atoms with Gasteiger partial charge in [-0.1, -0.05) is 24.3 Å². The Balaban J connectivity index is 1.77. The minimum atomic E-state index is -1.19. The van der Waals surface area contributed by atoms with Crippen molar-refractivity contribution in [1.29, 1.82) is 0 Å². The van der Waals surface area contributed by atoms with Gasteiger partial charge in [0.15, 0.2) is 0 Å². The summed E-state index contributed by atoms with van der Waals surface area (Å²) in [4.78, 5) is 18.9. The van der Waals surface area contributed by atoms with Crippen molar-refractivity contribution in [1.82, 2.24) is 9.88 Å². The highest BCUT2D eigenvalue weighted by Crippen LogP contribution is 2.22. The van der Waals surface area contributed by atoms with E-state index in [-0.39, 0.29) is 25.5 Å². The summed E-state index contributed by atoms with van der Waals surface area (Å²) >= 11 is 0. The van der Waals surface area contributed by atoms with Crippen molar-refractivity contribution in [3.05, 3.63) is 59.9 Å². The fraction of sp³-hybridized carbons (Fsp3) is 0.478. The number of aliphatic hydroxyl groups is 2. The second-order valence-corrected chi connectivity index (χ2v) is 7.55. The van der Waals surface area contributed by atoms with E-state index in [0.717, 1.165) is 24.8 Å². The zero-order chi connectivity index (χ0) is 21.3. The highest BCUT2D eigenvalue weighted by Gasteiger charge is 2.30. The lowest BCUT2D eigenvalue weighted by molar-refractivity contribution is -0.136. The van der Waals surface area contributed by atoms with Crippen molar-refractivity contribution in [2.24, 2.45) is 0 Å². The maximum Gasteiger partial charge on any atom is 0.228 e. The molecule has 30 heavy (non-hydrogen) atoms. The summed E-state index contributed by atoms with van der Waals surface area (Å²) < 4.78 is 11.2. The Morgan fingerprint density at radius 1 is 1.20 bits per heavy atom. The van der Waals surface area contributed by atoms with Gasteiger partial charge in [-0.05, 0) is 43.0 Å². The first-order valence-corrected chi connectivity index (χ1v) is 10.4. The third-order valence-corrected chi connectivity index (χ3v) is 5.40. The zero-order valence-corrected chi connectivity index (χ0v) is 17.3. The van der Waals surface area contributed by atoms with E-state index in [4.69, 9.17) is 9.47 Å². The van der Waals surface area contributed by atoms with Crippen LogP contribution in [0.25, 0.3) is 0 Å². The minimum Gasteiger partial charge on any atom is -0.491 e. The van der Waals surface area contributed by atoms with Crippen molar-refractivity contribution in [2.45, 2.75) is 44.0 Å². The molecule has 0 fully saturated rings. The van der Waals surface area contributed by atoms with Crippen LogP contribution in [0.3, 0.4) is 0 Å². The summed E-state index contributed by atoms with van der Waals surface area (Å²) in [6, 6.07) is 13.2. The molecule has 162 valence electrons. The molecule has 0 saturated heterocycles. The molecule has 1 aromatic carbocycles. The minimum absolute atomic E-state index is 0.0556. The molecule has 3 atom stereocenters. The smallest absolute Gasteiger partial charge is 0.228 e. The molecule has 1 aliphatic heterocycles. The molecular weight excluding hydrogens is 384 g/mol. The largest absolute Gasteiger partial charge is 0.491 e. The summed E-state index contributed by atoms with van der Waals surface area (Å²) in [6.45, 7) is 0.671. The molecule has 0 bridgehead atoms. The predicted molar refractivity (Wildman–Crippen MR) is 112 cm³/mol. The molecule has 0 unspecified atom stereocenters. The lowest BCUT2D eigenvalue weighted by Crippen LogP contribution is -2.49. The lowest BCUT2D eigenvalue weighted by Gasteiger charge is -2.31. The van der Waals surface area contributed by atoms with Crippen LogP contribution in [0.5, 0.6) is 5.75 Å². The van der Waals surface area contributed by atoms with E-state index in [2.05, 4.69) is 4.98 Å². The number of nitrogens with zero attached hydrogens (tertiary/aromatic N) is 2. The molecular formula is C23H30N2O5. The number of benzene rings is 1. The van der Waals surface area contributed by atoms with Crippen LogP contribution >= 0.6 is 0 Å². The average molecular weight is 415 g/mol. The van der Waals surface area contributed by atoms with E-state index in [1.807, 2.05) is 42.5 Å². The van der Waals surface area contributed by atoms with E-state index >= 15 is 0 Å². The molecule has 7 nitrogen and oxygen atoms in total. The third kappa shape index (κ3) is 6.01. The maximum absolute atomic E-state index is 13.0. The number of pyridine rings is 1. The topological polar surface area (TPSA) is 92.1 Å². The van der Waals surface area contributed by atoms with E-state index < -0.39 is 18.3 Å². The Bertz CT molecular complexity index is 801. The van der Waals surface area contributed by atoms with E-state index in [1.54, 1.807) is 11.1 Å². The number of rotatable bonds is 3. The quantitative estimate of drug-likeness (QED) is 0.793. The van der Waals surface area contributed by atoms with E-state index in [1.165, 1.54) is 7.11 Å². The first kappa shape index (κ1) is 22.2. The highest BCUT2D eigenvalue weighted by molar-refractivity contribution is 5.78. The number of hydrogen-bond acceptors (Lipinski definition) is 6. The van der Waals surface area contributed by atoms with Gasteiger partial charge in [0.1, 0.15) is 30.7 Å². The molecule has 7 heteroatoms. The second kappa shape index (κ2) is 11.1. The molecule has 2 heterocycles. The molecule has 0 aliphatic carbocycles. The highest BCUT2D eigenvalue weighted by atomic mass is 16.5. The molecule has 3 rings (SSSR count). The lowest BCUT2D eigenvalue weighted by atomic mass is 10.1. The summed E-state index contributed by atoms with van der Waals surface area (Å²) in [5.41, 5.74) is 1.75. The normalized spacial score (nSPS) is 23.3. The fourth-order valence-corrected chi connectivity index (χ4v) is 3.62. The number of aryl methyl sites for hydroxylation is 1. The number of fused-ring (bicyclic) bond motifs is 1. The molecule has 0 spiro atoms. The number of carbonyl (C=O) groups is 1. The third-order valence-electron chi connectivity index (χ3n) is 5.40. The number of para-hydroxylation sites is 1. The van der Waals surface area contributed by atoms with Gasteiger partial charge in [0, 0.05) is 32.1 Å². The SMILES string of the molecule is CO[C@H]1CN(C(=O)Cc2ccccn2)CCCCc2ccccc2OC[C@@H](O)[C@H]1O. The van der Waals surface area contributed by atoms with Crippen molar-refractivity contribution in [2.75, 3.05) is 26.8 Å². The Kier molecular flexibility index (Phi) is 8.19. The fourth-order valence-electron chi connectivity index (χ4n) is 3.62. The van der Waals surface area contributed by atoms with E-state index in [0.29, 0.717) is 18.0 Å². The predicted octanol–water partition coefficient (Wildman–Crippen LogP) is 1.60. The first-order valence-electron chi connectivity index (χ1n) is 10.4. The summed E-state index contributed by atoms with van der Waals surface area (Å²) in [6.07, 6.45) is 1.29. The van der Waals surface area contributed by atoms with Crippen LogP contribution < -0.4 is 4.74 Å². The standard InChI is InChI=1S/C23H30N2O5/c1-29-21-15-25(22(27)14-18-10-4-6-12-24-18)13-7-5-9-17-8-2-3-11-20(17)30-16-19(26)23(21)28/h2-4,6,8,10-12,19,21,23,26,28H,5,7,9,13-16H2,1H3/t19-,21+,23-/m1/s1. The Morgan fingerprint density at radius 2 is 2.00 bits per heavy atom. The molecule has 1 amide bonds. The Morgan fingerprint density at radius 3 is 2.77 bits per heavy atom. The molecule has 1 aliphatic rings. The van der Waals surface area contributed by atoms with Crippen LogP contribution in [0, 0.1) is 0 Å². The van der Waals surface area contributed by atoms with Gasteiger partial charge in [-0.25, -0.2) is 0 Å². The summed E-state index contributed by atoms with van der Waals surface area (Å²) in [7, 11) is 1.47. The van der Waals surface area contributed by atoms with Gasteiger partial charge < -0.3 is 24.6 Å². The average Bonchev–Trinajstić information content (AvgIpc) is 2.78. The van der Waals surface area contributed by atoms with Crippen LogP contribution in [0.1, 0.15) is 24.1 Å². The van der Waals surface area contributed by atoms with Crippen LogP contribution in [0.15, 0.2) is 48.7 Å². The molecule has 1 aromatic heterocycles. The van der Waals surface area contributed by atoms with Gasteiger partial charge in [-0.3, -0.25) is 9.78 Å². The van der Waals surface area contributed by atoms with Crippen LogP contribution in [0.4, 0.5) is 0 Å². The number of carbonyl (C=O) groups excluding carboxylic acids is 1. The summed E-state index contributed by atoms with van der Waals surface area (Å²) in [5.74, 6) is 0.629. The molecule has 2 aromatic rings. The van der Waals surface area contributed by atoms with E-state index in [9.17, 15) is 15.0 Å². The van der Waals surface area contributed by atoms with Crippen molar-refractivity contribution in [3.63, 3.8) is 0 Å². The van der Waals surface area contributed by atoms with Gasteiger partial charge in [0.25, 0.3) is 0 Å².